The van der Waals surface area contributed by atoms with Gasteiger partial charge in [0.2, 0.25) is 0 Å². The molecular formula is C18H30IN3O2. The van der Waals surface area contributed by atoms with Gasteiger partial charge in [0.15, 0.2) is 5.96 Å². The lowest BCUT2D eigenvalue weighted by Gasteiger charge is -2.24. The third-order valence-corrected chi connectivity index (χ3v) is 4.11. The van der Waals surface area contributed by atoms with E-state index in [1.54, 1.807) is 7.05 Å². The van der Waals surface area contributed by atoms with Crippen molar-refractivity contribution < 1.29 is 9.47 Å². The van der Waals surface area contributed by atoms with Gasteiger partial charge in [-0.25, -0.2) is 0 Å². The van der Waals surface area contributed by atoms with Gasteiger partial charge in [-0.1, -0.05) is 24.3 Å². The average molecular weight is 447 g/mol. The van der Waals surface area contributed by atoms with E-state index in [1.165, 1.54) is 11.1 Å². The summed E-state index contributed by atoms with van der Waals surface area (Å²) >= 11 is 0. The fourth-order valence-electron chi connectivity index (χ4n) is 2.63. The second-order valence-electron chi connectivity index (χ2n) is 6.13. The normalized spacial score (nSPS) is 20.5. The number of nitrogens with one attached hydrogen (secondary N) is 2. The van der Waals surface area contributed by atoms with E-state index in [2.05, 4.69) is 46.8 Å². The molecular weight excluding hydrogens is 417 g/mol. The summed E-state index contributed by atoms with van der Waals surface area (Å²) in [4.78, 5) is 4.27. The third kappa shape index (κ3) is 6.94. The molecule has 0 aromatic heterocycles. The lowest BCUT2D eigenvalue weighted by atomic mass is 10.0. The highest BCUT2D eigenvalue weighted by Gasteiger charge is 2.29. The number of hydrogen-bond acceptors (Lipinski definition) is 3. The Kier molecular flexibility index (Phi) is 9.61. The molecule has 1 atom stereocenters. The highest BCUT2D eigenvalue weighted by atomic mass is 127. The molecule has 1 heterocycles. The number of halogens is 1. The van der Waals surface area contributed by atoms with Crippen LogP contribution >= 0.6 is 24.0 Å². The minimum Gasteiger partial charge on any atom is -0.377 e. The quantitative estimate of drug-likeness (QED) is 0.383. The first-order chi connectivity index (χ1) is 11.1. The topological polar surface area (TPSA) is 54.9 Å². The zero-order chi connectivity index (χ0) is 16.5. The van der Waals surface area contributed by atoms with Gasteiger partial charge in [0.1, 0.15) is 0 Å². The largest absolute Gasteiger partial charge is 0.377 e. The van der Waals surface area contributed by atoms with Crippen LogP contribution in [0.5, 0.6) is 0 Å². The summed E-state index contributed by atoms with van der Waals surface area (Å²) in [6.07, 6.45) is 2.23. The molecule has 1 fully saturated rings. The SMILES string of the molecule is CCOCc1ccc(CNC(=NC)NCC2(C)CCCO2)cc1.I. The predicted molar refractivity (Wildman–Crippen MR) is 109 cm³/mol. The van der Waals surface area contributed by atoms with Gasteiger partial charge in [-0.15, -0.1) is 24.0 Å². The molecule has 1 aromatic carbocycles. The summed E-state index contributed by atoms with van der Waals surface area (Å²) in [5.74, 6) is 0.806. The zero-order valence-corrected chi connectivity index (χ0v) is 17.3. The lowest BCUT2D eigenvalue weighted by molar-refractivity contribution is 0.0243. The first kappa shape index (κ1) is 21.2. The highest BCUT2D eigenvalue weighted by Crippen LogP contribution is 2.23. The number of aliphatic imine (C=N–C) groups is 1. The van der Waals surface area contributed by atoms with Crippen LogP contribution in [0.2, 0.25) is 0 Å². The van der Waals surface area contributed by atoms with E-state index in [0.717, 1.165) is 45.1 Å². The lowest BCUT2D eigenvalue weighted by Crippen LogP contribution is -2.45. The summed E-state index contributed by atoms with van der Waals surface area (Å²) < 4.78 is 11.2. The van der Waals surface area contributed by atoms with E-state index >= 15 is 0 Å². The van der Waals surface area contributed by atoms with Crippen LogP contribution in [0.1, 0.15) is 37.8 Å². The predicted octanol–water partition coefficient (Wildman–Crippen LogP) is 3.08. The maximum atomic E-state index is 5.79. The Balaban J connectivity index is 0.00000288. The number of hydrogen-bond donors (Lipinski definition) is 2. The Bertz CT molecular complexity index is 499. The summed E-state index contributed by atoms with van der Waals surface area (Å²) in [5, 5.41) is 6.70. The number of benzene rings is 1. The number of guanidine groups is 1. The van der Waals surface area contributed by atoms with E-state index in [9.17, 15) is 0 Å². The van der Waals surface area contributed by atoms with Crippen LogP contribution in [0.15, 0.2) is 29.3 Å². The molecule has 0 bridgehead atoms. The van der Waals surface area contributed by atoms with Crippen molar-refractivity contribution in [3.05, 3.63) is 35.4 Å². The highest BCUT2D eigenvalue weighted by molar-refractivity contribution is 14.0. The van der Waals surface area contributed by atoms with Crippen molar-refractivity contribution in [1.82, 2.24) is 10.6 Å². The Morgan fingerprint density at radius 2 is 1.96 bits per heavy atom. The minimum atomic E-state index is -0.0709. The Morgan fingerprint density at radius 3 is 2.54 bits per heavy atom. The summed E-state index contributed by atoms with van der Waals surface area (Å²) in [5.41, 5.74) is 2.35. The van der Waals surface area contributed by atoms with Gasteiger partial charge in [0.05, 0.1) is 12.2 Å². The van der Waals surface area contributed by atoms with Crippen molar-refractivity contribution in [2.45, 2.75) is 45.4 Å². The van der Waals surface area contributed by atoms with Crippen molar-refractivity contribution >= 4 is 29.9 Å². The van der Waals surface area contributed by atoms with Crippen LogP contribution < -0.4 is 10.6 Å². The molecule has 0 radical (unpaired) electrons. The van der Waals surface area contributed by atoms with E-state index in [0.29, 0.717) is 6.61 Å². The molecule has 1 aromatic rings. The fourth-order valence-corrected chi connectivity index (χ4v) is 2.63. The molecule has 1 aliphatic heterocycles. The molecule has 2 rings (SSSR count). The van der Waals surface area contributed by atoms with Gasteiger partial charge in [-0.05, 0) is 37.8 Å². The van der Waals surface area contributed by atoms with E-state index in [1.807, 2.05) is 6.92 Å². The average Bonchev–Trinajstić information content (AvgIpc) is 3.01. The molecule has 5 nitrogen and oxygen atoms in total. The summed E-state index contributed by atoms with van der Waals surface area (Å²) in [6.45, 7) is 7.95. The minimum absolute atomic E-state index is 0. The second-order valence-corrected chi connectivity index (χ2v) is 6.13. The number of rotatable bonds is 7. The van der Waals surface area contributed by atoms with Crippen LogP contribution in [0, 0.1) is 0 Å². The molecule has 0 spiro atoms. The van der Waals surface area contributed by atoms with Gasteiger partial charge < -0.3 is 20.1 Å². The molecule has 1 aliphatic rings. The molecule has 1 unspecified atom stereocenters. The van der Waals surface area contributed by atoms with Crippen molar-refractivity contribution in [3.8, 4) is 0 Å². The summed E-state index contributed by atoms with van der Waals surface area (Å²) in [7, 11) is 1.79. The van der Waals surface area contributed by atoms with E-state index < -0.39 is 0 Å². The van der Waals surface area contributed by atoms with Gasteiger partial charge in [-0.2, -0.15) is 0 Å². The maximum absolute atomic E-state index is 5.79. The van der Waals surface area contributed by atoms with Crippen LogP contribution in [-0.2, 0) is 22.6 Å². The molecule has 1 saturated heterocycles. The molecule has 0 saturated carbocycles. The fraction of sp³-hybridized carbons (Fsp3) is 0.611. The monoisotopic (exact) mass is 447 g/mol. The first-order valence-electron chi connectivity index (χ1n) is 8.39. The van der Waals surface area contributed by atoms with Crippen LogP contribution in [0.3, 0.4) is 0 Å². The number of nitrogens with zero attached hydrogens (tertiary/aromatic N) is 1. The molecule has 0 aliphatic carbocycles. The van der Waals surface area contributed by atoms with Gasteiger partial charge in [0, 0.05) is 33.4 Å². The molecule has 2 N–H and O–H groups in total. The third-order valence-electron chi connectivity index (χ3n) is 4.11. The molecule has 24 heavy (non-hydrogen) atoms. The van der Waals surface area contributed by atoms with Crippen LogP contribution in [0.25, 0.3) is 0 Å². The molecule has 0 amide bonds. The van der Waals surface area contributed by atoms with Crippen molar-refractivity contribution in [3.63, 3.8) is 0 Å². The maximum Gasteiger partial charge on any atom is 0.191 e. The van der Waals surface area contributed by atoms with Crippen molar-refractivity contribution in [2.24, 2.45) is 4.99 Å². The van der Waals surface area contributed by atoms with Crippen LogP contribution in [0.4, 0.5) is 0 Å². The second kappa shape index (κ2) is 10.9. The summed E-state index contributed by atoms with van der Waals surface area (Å²) in [6, 6.07) is 8.46. The van der Waals surface area contributed by atoms with Crippen molar-refractivity contribution in [2.75, 3.05) is 26.8 Å². The number of ether oxygens (including phenoxy) is 2. The Hall–Kier alpha value is -0.860. The first-order valence-corrected chi connectivity index (χ1v) is 8.39. The standard InChI is InChI=1S/C18H29N3O2.HI/c1-4-22-13-16-8-6-15(7-9-16)12-20-17(19-3)21-14-18(2)10-5-11-23-18;/h6-9H,4-5,10-14H2,1-3H3,(H2,19,20,21);1H. The Labute approximate surface area is 162 Å². The Morgan fingerprint density at radius 1 is 1.25 bits per heavy atom. The van der Waals surface area contributed by atoms with Gasteiger partial charge in [-0.3, -0.25) is 4.99 Å². The van der Waals surface area contributed by atoms with E-state index in [4.69, 9.17) is 9.47 Å². The molecule has 6 heteroatoms. The zero-order valence-electron chi connectivity index (χ0n) is 14.9. The van der Waals surface area contributed by atoms with Gasteiger partial charge in [0.25, 0.3) is 0 Å². The smallest absolute Gasteiger partial charge is 0.191 e. The molecule has 136 valence electrons. The van der Waals surface area contributed by atoms with E-state index in [-0.39, 0.29) is 29.6 Å². The van der Waals surface area contributed by atoms with Crippen LogP contribution in [-0.4, -0.2) is 38.4 Å². The van der Waals surface area contributed by atoms with Gasteiger partial charge >= 0.3 is 0 Å². The van der Waals surface area contributed by atoms with Crippen molar-refractivity contribution in [1.29, 1.82) is 0 Å².